The van der Waals surface area contributed by atoms with Gasteiger partial charge in [-0.25, -0.2) is 4.79 Å². The average Bonchev–Trinajstić information content (AvgIpc) is 3.29. The van der Waals surface area contributed by atoms with Crippen molar-refractivity contribution in [2.75, 3.05) is 0 Å². The van der Waals surface area contributed by atoms with Gasteiger partial charge in [0.2, 0.25) is 23.6 Å². The van der Waals surface area contributed by atoms with Gasteiger partial charge in [0, 0.05) is 36.4 Å². The Morgan fingerprint density at radius 3 is 2.02 bits per heavy atom. The number of carbonyl (C=O) groups excluding carboxylic acids is 4. The molecule has 0 bridgehead atoms. The second kappa shape index (κ2) is 14.6. The number of benzene rings is 1. The Morgan fingerprint density at radius 2 is 1.43 bits per heavy atom. The highest BCUT2D eigenvalue weighted by atomic mass is 16.4. The van der Waals surface area contributed by atoms with E-state index in [1.165, 1.54) is 0 Å². The van der Waals surface area contributed by atoms with Crippen LogP contribution in [0.15, 0.2) is 30.5 Å². The van der Waals surface area contributed by atoms with E-state index in [2.05, 4.69) is 20.9 Å². The standard InChI is InChI=1S/C26H36N6O8/c1-13(2)22(28)25(38)32-19(11-14-12-29-16-6-4-3-5-15(14)16)24(37)30-17(8-10-21(34)35)23(36)31-18(26(39)40)7-9-20(27)33/h3-6,12-13,17-19,22,29H,7-11,28H2,1-2H3,(H2,27,33)(H,30,37)(H,31,36)(H,32,38)(H,34,35)(H,39,40). The lowest BCUT2D eigenvalue weighted by Crippen LogP contribution is -2.58. The van der Waals surface area contributed by atoms with Gasteiger partial charge in [-0.1, -0.05) is 32.0 Å². The van der Waals surface area contributed by atoms with E-state index in [-0.39, 0.29) is 31.6 Å². The van der Waals surface area contributed by atoms with Gasteiger partial charge in [-0.2, -0.15) is 0 Å². The zero-order valence-electron chi connectivity index (χ0n) is 22.3. The maximum atomic E-state index is 13.4. The highest BCUT2D eigenvalue weighted by Crippen LogP contribution is 2.19. The van der Waals surface area contributed by atoms with E-state index in [0.29, 0.717) is 5.56 Å². The Labute approximate surface area is 230 Å². The molecule has 0 radical (unpaired) electrons. The number of primary amides is 1. The van der Waals surface area contributed by atoms with Crippen molar-refractivity contribution in [3.8, 4) is 0 Å². The molecule has 1 aromatic heterocycles. The number of carboxylic acid groups (broad SMARTS) is 2. The summed E-state index contributed by atoms with van der Waals surface area (Å²) in [6.07, 6.45) is 0.185. The molecule has 0 aliphatic heterocycles. The number of rotatable bonds is 16. The van der Waals surface area contributed by atoms with Gasteiger partial charge in [-0.05, 0) is 30.4 Å². The van der Waals surface area contributed by atoms with Gasteiger partial charge < -0.3 is 42.6 Å². The second-order valence-corrected chi connectivity index (χ2v) is 9.79. The topological polar surface area (TPSA) is 247 Å². The molecule has 218 valence electrons. The first-order chi connectivity index (χ1) is 18.8. The van der Waals surface area contributed by atoms with Gasteiger partial charge in [0.1, 0.15) is 18.1 Å². The third-order valence-corrected chi connectivity index (χ3v) is 6.33. The third-order valence-electron chi connectivity index (χ3n) is 6.33. The zero-order chi connectivity index (χ0) is 30.0. The Kier molecular flexibility index (Phi) is 11.6. The fourth-order valence-corrected chi connectivity index (χ4v) is 3.93. The number of aliphatic carboxylic acids is 2. The van der Waals surface area contributed by atoms with E-state index in [9.17, 15) is 33.9 Å². The molecule has 0 fully saturated rings. The molecule has 10 N–H and O–H groups in total. The first-order valence-electron chi connectivity index (χ1n) is 12.7. The van der Waals surface area contributed by atoms with E-state index in [1.807, 2.05) is 24.3 Å². The van der Waals surface area contributed by atoms with Crippen molar-refractivity contribution in [3.05, 3.63) is 36.0 Å². The normalized spacial score (nSPS) is 14.1. The molecule has 14 nitrogen and oxygen atoms in total. The number of hydrogen-bond donors (Lipinski definition) is 8. The largest absolute Gasteiger partial charge is 0.481 e. The summed E-state index contributed by atoms with van der Waals surface area (Å²) in [6, 6.07) is 2.22. The summed E-state index contributed by atoms with van der Waals surface area (Å²) >= 11 is 0. The van der Waals surface area contributed by atoms with Crippen LogP contribution in [0, 0.1) is 5.92 Å². The van der Waals surface area contributed by atoms with Gasteiger partial charge in [-0.15, -0.1) is 0 Å². The quantitative estimate of drug-likeness (QED) is 0.130. The minimum absolute atomic E-state index is 0.00995. The van der Waals surface area contributed by atoms with Gasteiger partial charge in [-0.3, -0.25) is 24.0 Å². The van der Waals surface area contributed by atoms with E-state index in [0.717, 1.165) is 10.9 Å². The SMILES string of the molecule is CC(C)C(N)C(=O)NC(Cc1c[nH]c2ccccc12)C(=O)NC(CCC(=O)O)C(=O)NC(CCC(N)=O)C(=O)O. The molecule has 1 heterocycles. The van der Waals surface area contributed by atoms with Crippen LogP contribution in [0.2, 0.25) is 0 Å². The van der Waals surface area contributed by atoms with Gasteiger partial charge in [0.05, 0.1) is 6.04 Å². The van der Waals surface area contributed by atoms with Crippen molar-refractivity contribution >= 4 is 46.5 Å². The average molecular weight is 561 g/mol. The second-order valence-electron chi connectivity index (χ2n) is 9.79. The summed E-state index contributed by atoms with van der Waals surface area (Å²) in [4.78, 5) is 76.2. The fourth-order valence-electron chi connectivity index (χ4n) is 3.93. The molecule has 2 rings (SSSR count). The molecule has 0 spiro atoms. The molecular weight excluding hydrogens is 524 g/mol. The van der Waals surface area contributed by atoms with Crippen molar-refractivity contribution in [2.45, 2.75) is 70.1 Å². The molecule has 1 aromatic carbocycles. The lowest BCUT2D eigenvalue weighted by molar-refractivity contribution is -0.143. The molecule has 4 atom stereocenters. The highest BCUT2D eigenvalue weighted by Gasteiger charge is 2.31. The third kappa shape index (κ3) is 9.38. The number of H-pyrrole nitrogens is 1. The number of nitrogens with two attached hydrogens (primary N) is 2. The molecule has 4 unspecified atom stereocenters. The van der Waals surface area contributed by atoms with E-state index >= 15 is 0 Å². The van der Waals surface area contributed by atoms with Gasteiger partial charge in [0.25, 0.3) is 0 Å². The van der Waals surface area contributed by atoms with Crippen molar-refractivity contribution in [1.82, 2.24) is 20.9 Å². The Balaban J connectivity index is 2.31. The summed E-state index contributed by atoms with van der Waals surface area (Å²) in [7, 11) is 0. The number of nitrogens with one attached hydrogen (secondary N) is 4. The molecule has 0 saturated heterocycles. The lowest BCUT2D eigenvalue weighted by Gasteiger charge is -2.25. The Bertz CT molecular complexity index is 1240. The van der Waals surface area contributed by atoms with Gasteiger partial charge in [0.15, 0.2) is 0 Å². The van der Waals surface area contributed by atoms with Gasteiger partial charge >= 0.3 is 11.9 Å². The predicted octanol–water partition coefficient (Wildman–Crippen LogP) is -0.637. The maximum Gasteiger partial charge on any atom is 0.326 e. The van der Waals surface area contributed by atoms with Crippen LogP contribution < -0.4 is 27.4 Å². The number of para-hydroxylation sites is 1. The number of aromatic nitrogens is 1. The summed E-state index contributed by atoms with van der Waals surface area (Å²) in [6.45, 7) is 3.48. The van der Waals surface area contributed by atoms with Crippen LogP contribution in [0.5, 0.6) is 0 Å². The maximum absolute atomic E-state index is 13.4. The van der Waals surface area contributed by atoms with E-state index in [4.69, 9.17) is 16.6 Å². The summed E-state index contributed by atoms with van der Waals surface area (Å²) in [5, 5.41) is 26.7. The molecule has 40 heavy (non-hydrogen) atoms. The number of aromatic amines is 1. The monoisotopic (exact) mass is 560 g/mol. The molecule has 0 aliphatic rings. The minimum atomic E-state index is -1.50. The Hall–Kier alpha value is -4.46. The van der Waals surface area contributed by atoms with Crippen LogP contribution in [0.3, 0.4) is 0 Å². The predicted molar refractivity (Wildman–Crippen MR) is 144 cm³/mol. The summed E-state index contributed by atoms with van der Waals surface area (Å²) in [5.41, 5.74) is 12.5. The molecular formula is C26H36N6O8. The molecule has 0 saturated carbocycles. The van der Waals surface area contributed by atoms with E-state index < -0.39 is 66.2 Å². The van der Waals surface area contributed by atoms with Crippen molar-refractivity contribution in [1.29, 1.82) is 0 Å². The number of hydrogen-bond acceptors (Lipinski definition) is 7. The molecule has 0 aliphatic carbocycles. The molecule has 4 amide bonds. The fraction of sp³-hybridized carbons (Fsp3) is 0.462. The number of carboxylic acids is 2. The first kappa shape index (κ1) is 31.8. The highest BCUT2D eigenvalue weighted by molar-refractivity contribution is 5.95. The number of fused-ring (bicyclic) bond motifs is 1. The Morgan fingerprint density at radius 1 is 0.850 bits per heavy atom. The van der Waals surface area contributed by atoms with Crippen LogP contribution in [0.25, 0.3) is 10.9 Å². The molecule has 2 aromatic rings. The van der Waals surface area contributed by atoms with Crippen LogP contribution in [0.4, 0.5) is 0 Å². The van der Waals surface area contributed by atoms with Crippen LogP contribution in [-0.2, 0) is 35.2 Å². The number of carbonyl (C=O) groups is 6. The zero-order valence-corrected chi connectivity index (χ0v) is 22.3. The van der Waals surface area contributed by atoms with Crippen molar-refractivity contribution < 1.29 is 39.0 Å². The van der Waals surface area contributed by atoms with Crippen molar-refractivity contribution in [3.63, 3.8) is 0 Å². The van der Waals surface area contributed by atoms with Crippen LogP contribution in [0.1, 0.15) is 45.1 Å². The van der Waals surface area contributed by atoms with Crippen molar-refractivity contribution in [2.24, 2.45) is 17.4 Å². The first-order valence-corrected chi connectivity index (χ1v) is 12.7. The number of amides is 4. The molecule has 14 heteroatoms. The lowest BCUT2D eigenvalue weighted by atomic mass is 10.0. The summed E-state index contributed by atoms with van der Waals surface area (Å²) in [5.74, 6) is -6.07. The van der Waals surface area contributed by atoms with Crippen LogP contribution >= 0.6 is 0 Å². The minimum Gasteiger partial charge on any atom is -0.481 e. The summed E-state index contributed by atoms with van der Waals surface area (Å²) < 4.78 is 0. The van der Waals surface area contributed by atoms with Crippen LogP contribution in [-0.4, -0.2) is 74.9 Å². The van der Waals surface area contributed by atoms with E-state index in [1.54, 1.807) is 20.0 Å². The smallest absolute Gasteiger partial charge is 0.326 e.